The number of aromatic nitrogens is 1. The van der Waals surface area contributed by atoms with E-state index in [-0.39, 0.29) is 16.2 Å². The molecule has 0 fully saturated rings. The number of carbonyl (C=O) groups is 1. The molecule has 0 aliphatic heterocycles. The van der Waals surface area contributed by atoms with Crippen molar-refractivity contribution in [3.63, 3.8) is 0 Å². The van der Waals surface area contributed by atoms with Gasteiger partial charge >= 0.3 is 5.97 Å². The van der Waals surface area contributed by atoms with Crippen LogP contribution < -0.4 is 14.4 Å². The SMILES string of the molecule is CNS(=O)(=O)c1cc(C(=O)O)c(N(CCOC)CCOC)cc1Oc1cccc2[nH]ccc12. The van der Waals surface area contributed by atoms with Crippen molar-refractivity contribution in [3.8, 4) is 11.5 Å². The lowest BCUT2D eigenvalue weighted by molar-refractivity contribution is 0.0697. The molecule has 0 aliphatic rings. The quantitative estimate of drug-likeness (QED) is 0.363. The van der Waals surface area contributed by atoms with Gasteiger partial charge in [0, 0.05) is 50.5 Å². The van der Waals surface area contributed by atoms with Gasteiger partial charge < -0.3 is 29.2 Å². The maximum atomic E-state index is 12.8. The molecule has 0 bridgehead atoms. The van der Waals surface area contributed by atoms with Crippen molar-refractivity contribution < 1.29 is 32.5 Å². The van der Waals surface area contributed by atoms with E-state index < -0.39 is 16.0 Å². The number of hydrogen-bond acceptors (Lipinski definition) is 7. The monoisotopic (exact) mass is 477 g/mol. The molecule has 11 heteroatoms. The van der Waals surface area contributed by atoms with E-state index >= 15 is 0 Å². The molecule has 1 heterocycles. The fourth-order valence-corrected chi connectivity index (χ4v) is 4.26. The molecular weight excluding hydrogens is 450 g/mol. The van der Waals surface area contributed by atoms with Gasteiger partial charge in [0.1, 0.15) is 16.4 Å². The molecule has 10 nitrogen and oxygen atoms in total. The van der Waals surface area contributed by atoms with Gasteiger partial charge in [0.2, 0.25) is 10.0 Å². The van der Waals surface area contributed by atoms with Crippen molar-refractivity contribution in [1.82, 2.24) is 9.71 Å². The van der Waals surface area contributed by atoms with E-state index in [1.54, 1.807) is 37.4 Å². The van der Waals surface area contributed by atoms with Crippen molar-refractivity contribution in [2.75, 3.05) is 52.5 Å². The van der Waals surface area contributed by atoms with Gasteiger partial charge in [-0.15, -0.1) is 0 Å². The van der Waals surface area contributed by atoms with Crippen LogP contribution >= 0.6 is 0 Å². The summed E-state index contributed by atoms with van der Waals surface area (Å²) in [4.78, 5) is 16.7. The third-order valence-electron chi connectivity index (χ3n) is 5.10. The van der Waals surface area contributed by atoms with Crippen molar-refractivity contribution in [2.24, 2.45) is 0 Å². The van der Waals surface area contributed by atoms with E-state index in [4.69, 9.17) is 14.2 Å². The third-order valence-corrected chi connectivity index (χ3v) is 6.53. The van der Waals surface area contributed by atoms with E-state index in [1.165, 1.54) is 13.1 Å². The number of rotatable bonds is 12. The van der Waals surface area contributed by atoms with Crippen LogP contribution in [0.4, 0.5) is 5.69 Å². The van der Waals surface area contributed by atoms with E-state index in [0.717, 1.165) is 17.0 Å². The fourth-order valence-electron chi connectivity index (χ4n) is 3.40. The van der Waals surface area contributed by atoms with E-state index in [9.17, 15) is 18.3 Å². The Labute approximate surface area is 192 Å². The number of anilines is 1. The zero-order valence-corrected chi connectivity index (χ0v) is 19.4. The van der Waals surface area contributed by atoms with Gasteiger partial charge in [-0.1, -0.05) is 6.07 Å². The highest BCUT2D eigenvalue weighted by Gasteiger charge is 2.26. The number of carboxylic acid groups (broad SMARTS) is 1. The summed E-state index contributed by atoms with van der Waals surface area (Å²) < 4.78 is 44.2. The lowest BCUT2D eigenvalue weighted by Gasteiger charge is -2.27. The zero-order valence-electron chi connectivity index (χ0n) is 18.6. The van der Waals surface area contributed by atoms with Gasteiger partial charge in [0.25, 0.3) is 0 Å². The molecule has 0 saturated heterocycles. The van der Waals surface area contributed by atoms with Crippen LogP contribution in [0.15, 0.2) is 47.5 Å². The van der Waals surface area contributed by atoms with Crippen LogP contribution in [0, 0.1) is 0 Å². The van der Waals surface area contributed by atoms with E-state index in [1.807, 2.05) is 12.1 Å². The molecule has 0 saturated carbocycles. The van der Waals surface area contributed by atoms with Crippen LogP contribution in [0.25, 0.3) is 10.9 Å². The maximum Gasteiger partial charge on any atom is 0.337 e. The highest BCUT2D eigenvalue weighted by Crippen LogP contribution is 2.38. The summed E-state index contributed by atoms with van der Waals surface area (Å²) in [6.45, 7) is 1.40. The Morgan fingerprint density at radius 3 is 2.39 bits per heavy atom. The molecule has 3 aromatic rings. The Morgan fingerprint density at radius 1 is 1.09 bits per heavy atom. The first-order valence-electron chi connectivity index (χ1n) is 10.1. The smallest absolute Gasteiger partial charge is 0.337 e. The number of nitrogens with one attached hydrogen (secondary N) is 2. The van der Waals surface area contributed by atoms with Crippen molar-refractivity contribution in [3.05, 3.63) is 48.2 Å². The Kier molecular flexibility index (Phi) is 7.92. The van der Waals surface area contributed by atoms with Crippen LogP contribution in [-0.2, 0) is 19.5 Å². The lowest BCUT2D eigenvalue weighted by atomic mass is 10.1. The predicted octanol–water partition coefficient (Wildman–Crippen LogP) is 2.67. The topological polar surface area (TPSA) is 130 Å². The van der Waals surface area contributed by atoms with Gasteiger partial charge in [-0.2, -0.15) is 0 Å². The van der Waals surface area contributed by atoms with Gasteiger partial charge in [0.05, 0.1) is 24.5 Å². The fraction of sp³-hybridized carbons (Fsp3) is 0.318. The second kappa shape index (κ2) is 10.7. The average molecular weight is 478 g/mol. The molecule has 3 rings (SSSR count). The van der Waals surface area contributed by atoms with Crippen LogP contribution in [-0.4, -0.2) is 72.0 Å². The molecule has 0 radical (unpaired) electrons. The summed E-state index contributed by atoms with van der Waals surface area (Å²) in [7, 11) is 0.304. The highest BCUT2D eigenvalue weighted by molar-refractivity contribution is 7.89. The minimum absolute atomic E-state index is 0.00196. The number of fused-ring (bicyclic) bond motifs is 1. The molecule has 0 amide bonds. The van der Waals surface area contributed by atoms with E-state index in [0.29, 0.717) is 37.7 Å². The summed E-state index contributed by atoms with van der Waals surface area (Å²) >= 11 is 0. The van der Waals surface area contributed by atoms with Crippen LogP contribution in [0.2, 0.25) is 0 Å². The normalized spacial score (nSPS) is 11.6. The largest absolute Gasteiger partial charge is 0.478 e. The Hall–Kier alpha value is -3.12. The Morgan fingerprint density at radius 2 is 1.79 bits per heavy atom. The van der Waals surface area contributed by atoms with Crippen LogP contribution in [0.5, 0.6) is 11.5 Å². The van der Waals surface area contributed by atoms with E-state index in [2.05, 4.69) is 9.71 Å². The first kappa shape index (κ1) is 24.5. The average Bonchev–Trinajstić information content (AvgIpc) is 3.29. The van der Waals surface area contributed by atoms with Crippen molar-refractivity contribution >= 4 is 32.6 Å². The molecule has 33 heavy (non-hydrogen) atoms. The molecule has 2 aromatic carbocycles. The number of hydrogen-bond donors (Lipinski definition) is 3. The molecular formula is C22H27N3O7S. The standard InChI is InChI=1S/C22H27N3O7S/c1-23-33(28,29)21-13-16(22(26)27)18(25(9-11-30-2)10-12-31-3)14-20(21)32-19-6-4-5-17-15(19)7-8-24-17/h4-8,13-14,23-24H,9-12H2,1-3H3,(H,26,27). The molecule has 3 N–H and O–H groups in total. The number of methoxy groups -OCH3 is 2. The van der Waals surface area contributed by atoms with Gasteiger partial charge in [-0.05, 0) is 31.3 Å². The van der Waals surface area contributed by atoms with Crippen LogP contribution in [0.1, 0.15) is 10.4 Å². The van der Waals surface area contributed by atoms with Crippen molar-refractivity contribution in [2.45, 2.75) is 4.90 Å². The number of aromatic amines is 1. The molecule has 0 aliphatic carbocycles. The van der Waals surface area contributed by atoms with Crippen LogP contribution in [0.3, 0.4) is 0 Å². The first-order chi connectivity index (χ1) is 15.8. The summed E-state index contributed by atoms with van der Waals surface area (Å²) in [5, 5.41) is 10.6. The molecule has 0 atom stereocenters. The number of nitrogens with zero attached hydrogens (tertiary/aromatic N) is 1. The second-order valence-electron chi connectivity index (χ2n) is 7.10. The van der Waals surface area contributed by atoms with Crippen molar-refractivity contribution in [1.29, 1.82) is 0 Å². The summed E-state index contributed by atoms with van der Waals surface area (Å²) in [5.74, 6) is -0.842. The number of sulfonamides is 1. The second-order valence-corrected chi connectivity index (χ2v) is 8.95. The molecule has 178 valence electrons. The minimum atomic E-state index is -4.04. The van der Waals surface area contributed by atoms with Gasteiger partial charge in [0.15, 0.2) is 0 Å². The number of ether oxygens (including phenoxy) is 3. The summed E-state index contributed by atoms with van der Waals surface area (Å²) in [5.41, 5.74) is 0.931. The molecule has 0 unspecified atom stereocenters. The Bertz CT molecular complexity index is 1220. The predicted molar refractivity (Wildman–Crippen MR) is 124 cm³/mol. The molecule has 0 spiro atoms. The minimum Gasteiger partial charge on any atom is -0.478 e. The number of aromatic carboxylic acids is 1. The number of carboxylic acids is 1. The number of benzene rings is 2. The summed E-state index contributed by atoms with van der Waals surface area (Å²) in [6.07, 6.45) is 1.75. The third kappa shape index (κ3) is 5.45. The van der Waals surface area contributed by atoms with Gasteiger partial charge in [-0.25, -0.2) is 17.9 Å². The highest BCUT2D eigenvalue weighted by atomic mass is 32.2. The van der Waals surface area contributed by atoms with Gasteiger partial charge in [-0.3, -0.25) is 0 Å². The lowest BCUT2D eigenvalue weighted by Crippen LogP contribution is -2.32. The number of H-pyrrole nitrogens is 1. The molecule has 1 aromatic heterocycles. The first-order valence-corrected chi connectivity index (χ1v) is 11.6. The maximum absolute atomic E-state index is 12.8. The zero-order chi connectivity index (χ0) is 24.0. The Balaban J connectivity index is 2.21. The summed E-state index contributed by atoms with van der Waals surface area (Å²) in [6, 6.07) is 9.71.